The van der Waals surface area contributed by atoms with Crippen molar-refractivity contribution in [2.45, 2.75) is 32.7 Å². The summed E-state index contributed by atoms with van der Waals surface area (Å²) in [6.07, 6.45) is 2.48. The van der Waals surface area contributed by atoms with Crippen LogP contribution in [-0.4, -0.2) is 56.1 Å². The molecule has 1 unspecified atom stereocenters. The van der Waals surface area contributed by atoms with Gasteiger partial charge in [0.2, 0.25) is 0 Å². The molecule has 1 heterocycles. The van der Waals surface area contributed by atoms with E-state index in [1.54, 1.807) is 0 Å². The van der Waals surface area contributed by atoms with Gasteiger partial charge >= 0.3 is 0 Å². The van der Waals surface area contributed by atoms with Crippen LogP contribution in [0.3, 0.4) is 0 Å². The molecule has 3 nitrogen and oxygen atoms in total. The zero-order valence-electron chi connectivity index (χ0n) is 10.8. The second-order valence-electron chi connectivity index (χ2n) is 5.80. The van der Waals surface area contributed by atoms with E-state index in [9.17, 15) is 0 Å². The first kappa shape index (κ1) is 12.9. The molecule has 0 aromatic rings. The summed E-state index contributed by atoms with van der Waals surface area (Å²) in [6, 6.07) is 0.339. The van der Waals surface area contributed by atoms with Gasteiger partial charge in [-0.1, -0.05) is 13.8 Å². The van der Waals surface area contributed by atoms with Crippen molar-refractivity contribution in [2.24, 2.45) is 11.1 Å². The Balaban J connectivity index is 2.23. The van der Waals surface area contributed by atoms with Gasteiger partial charge in [0.05, 0.1) is 0 Å². The highest BCUT2D eigenvalue weighted by molar-refractivity contribution is 4.89. The van der Waals surface area contributed by atoms with Crippen molar-refractivity contribution in [1.29, 1.82) is 0 Å². The fraction of sp³-hybridized carbons (Fsp3) is 1.00. The number of piperidine rings is 1. The fourth-order valence-electron chi connectivity index (χ4n) is 2.06. The van der Waals surface area contributed by atoms with Crippen LogP contribution in [0.25, 0.3) is 0 Å². The monoisotopic (exact) mass is 213 g/mol. The molecule has 1 atom stereocenters. The van der Waals surface area contributed by atoms with Crippen LogP contribution in [-0.2, 0) is 0 Å². The highest BCUT2D eigenvalue weighted by atomic mass is 15.2. The highest BCUT2D eigenvalue weighted by Crippen LogP contribution is 2.28. The van der Waals surface area contributed by atoms with E-state index in [0.29, 0.717) is 11.5 Å². The van der Waals surface area contributed by atoms with Gasteiger partial charge in [0, 0.05) is 12.6 Å². The molecule has 1 rings (SSSR count). The molecule has 1 saturated heterocycles. The Kier molecular flexibility index (Phi) is 4.56. The summed E-state index contributed by atoms with van der Waals surface area (Å²) < 4.78 is 0. The maximum absolute atomic E-state index is 6.18. The molecule has 15 heavy (non-hydrogen) atoms. The Hall–Kier alpha value is -0.120. The Morgan fingerprint density at radius 2 is 2.07 bits per heavy atom. The molecule has 3 heteroatoms. The van der Waals surface area contributed by atoms with Crippen LogP contribution in [0.1, 0.15) is 26.7 Å². The van der Waals surface area contributed by atoms with Gasteiger partial charge in [0.15, 0.2) is 0 Å². The minimum Gasteiger partial charge on any atom is -0.326 e. The molecule has 0 aromatic carbocycles. The molecular weight excluding hydrogens is 186 g/mol. The van der Waals surface area contributed by atoms with Crippen molar-refractivity contribution in [3.8, 4) is 0 Å². The topological polar surface area (TPSA) is 32.5 Å². The average molecular weight is 213 g/mol. The number of likely N-dealkylation sites (tertiary alicyclic amines) is 1. The van der Waals surface area contributed by atoms with Crippen LogP contribution in [0.15, 0.2) is 0 Å². The summed E-state index contributed by atoms with van der Waals surface area (Å²) in [5.41, 5.74) is 6.51. The lowest BCUT2D eigenvalue weighted by Gasteiger charge is -2.42. The molecule has 0 spiro atoms. The lowest BCUT2D eigenvalue weighted by molar-refractivity contribution is 0.103. The number of nitrogens with zero attached hydrogens (tertiary/aromatic N) is 2. The minimum absolute atomic E-state index is 0.331. The van der Waals surface area contributed by atoms with Crippen LogP contribution >= 0.6 is 0 Å². The van der Waals surface area contributed by atoms with Crippen molar-refractivity contribution in [3.63, 3.8) is 0 Å². The maximum Gasteiger partial charge on any atom is 0.0220 e. The van der Waals surface area contributed by atoms with Crippen molar-refractivity contribution in [2.75, 3.05) is 40.3 Å². The normalized spacial score (nSPS) is 27.2. The third-order valence-corrected chi connectivity index (χ3v) is 3.61. The molecule has 90 valence electrons. The Labute approximate surface area is 94.6 Å². The molecule has 1 fully saturated rings. The zero-order valence-corrected chi connectivity index (χ0v) is 10.8. The van der Waals surface area contributed by atoms with E-state index in [1.165, 1.54) is 32.5 Å². The molecule has 1 aliphatic rings. The number of rotatable bonds is 4. The first-order valence-corrected chi connectivity index (χ1v) is 6.04. The van der Waals surface area contributed by atoms with E-state index >= 15 is 0 Å². The first-order valence-electron chi connectivity index (χ1n) is 6.04. The standard InChI is InChI=1S/C12H27N3/c1-12(2)6-9-15(10-11(12)13)8-5-7-14(3)4/h11H,5-10,13H2,1-4H3. The lowest BCUT2D eigenvalue weighted by atomic mass is 9.78. The second kappa shape index (κ2) is 5.28. The molecule has 0 bridgehead atoms. The summed E-state index contributed by atoms with van der Waals surface area (Å²) >= 11 is 0. The van der Waals surface area contributed by atoms with Crippen molar-refractivity contribution in [1.82, 2.24) is 9.80 Å². The van der Waals surface area contributed by atoms with Crippen LogP contribution in [0.2, 0.25) is 0 Å². The lowest BCUT2D eigenvalue weighted by Crippen LogP contribution is -2.53. The van der Waals surface area contributed by atoms with Gasteiger partial charge in [-0.05, 0) is 52.0 Å². The molecular formula is C12H27N3. The molecule has 0 saturated carbocycles. The molecule has 0 aromatic heterocycles. The fourth-order valence-corrected chi connectivity index (χ4v) is 2.06. The van der Waals surface area contributed by atoms with E-state index in [1.807, 2.05) is 0 Å². The van der Waals surface area contributed by atoms with Gasteiger partial charge in [-0.2, -0.15) is 0 Å². The van der Waals surface area contributed by atoms with Gasteiger partial charge in [0.25, 0.3) is 0 Å². The SMILES string of the molecule is CN(C)CCCN1CCC(C)(C)C(N)C1. The van der Waals surface area contributed by atoms with Crippen LogP contribution in [0, 0.1) is 5.41 Å². The van der Waals surface area contributed by atoms with Gasteiger partial charge in [-0.3, -0.25) is 0 Å². The number of hydrogen-bond acceptors (Lipinski definition) is 3. The van der Waals surface area contributed by atoms with Crippen LogP contribution in [0.5, 0.6) is 0 Å². The predicted molar refractivity (Wildman–Crippen MR) is 66.0 cm³/mol. The number of nitrogens with two attached hydrogens (primary N) is 1. The van der Waals surface area contributed by atoms with Gasteiger partial charge < -0.3 is 15.5 Å². The van der Waals surface area contributed by atoms with E-state index in [-0.39, 0.29) is 0 Å². The molecule has 0 radical (unpaired) electrons. The first-order chi connectivity index (χ1) is 6.92. The molecule has 0 amide bonds. The maximum atomic E-state index is 6.18. The summed E-state index contributed by atoms with van der Waals surface area (Å²) in [5.74, 6) is 0. The van der Waals surface area contributed by atoms with Gasteiger partial charge in [-0.15, -0.1) is 0 Å². The second-order valence-corrected chi connectivity index (χ2v) is 5.80. The molecule has 2 N–H and O–H groups in total. The van der Waals surface area contributed by atoms with Crippen molar-refractivity contribution >= 4 is 0 Å². The molecule has 1 aliphatic heterocycles. The summed E-state index contributed by atoms with van der Waals surface area (Å²) in [5, 5.41) is 0. The quantitative estimate of drug-likeness (QED) is 0.756. The Morgan fingerprint density at radius 3 is 2.60 bits per heavy atom. The van der Waals surface area contributed by atoms with Crippen molar-refractivity contribution < 1.29 is 0 Å². The van der Waals surface area contributed by atoms with E-state index in [2.05, 4.69) is 37.7 Å². The van der Waals surface area contributed by atoms with Gasteiger partial charge in [0.1, 0.15) is 0 Å². The smallest absolute Gasteiger partial charge is 0.0220 e. The third kappa shape index (κ3) is 4.09. The van der Waals surface area contributed by atoms with Crippen LogP contribution in [0.4, 0.5) is 0 Å². The van der Waals surface area contributed by atoms with E-state index < -0.39 is 0 Å². The highest BCUT2D eigenvalue weighted by Gasteiger charge is 2.32. The average Bonchev–Trinajstić information content (AvgIpc) is 2.11. The zero-order chi connectivity index (χ0) is 11.5. The van der Waals surface area contributed by atoms with Gasteiger partial charge in [-0.25, -0.2) is 0 Å². The third-order valence-electron chi connectivity index (χ3n) is 3.61. The predicted octanol–water partition coefficient (Wildman–Crippen LogP) is 0.997. The number of hydrogen-bond donors (Lipinski definition) is 1. The summed E-state index contributed by atoms with van der Waals surface area (Å²) in [7, 11) is 4.26. The summed E-state index contributed by atoms with van der Waals surface area (Å²) in [6.45, 7) is 9.23. The molecule has 0 aliphatic carbocycles. The van der Waals surface area contributed by atoms with Crippen molar-refractivity contribution in [3.05, 3.63) is 0 Å². The minimum atomic E-state index is 0.331. The Morgan fingerprint density at radius 1 is 1.40 bits per heavy atom. The van der Waals surface area contributed by atoms with Crippen LogP contribution < -0.4 is 5.73 Å². The van der Waals surface area contributed by atoms with E-state index in [0.717, 1.165) is 6.54 Å². The Bertz CT molecular complexity index is 189. The van der Waals surface area contributed by atoms with E-state index in [4.69, 9.17) is 5.73 Å². The summed E-state index contributed by atoms with van der Waals surface area (Å²) in [4.78, 5) is 4.76. The largest absolute Gasteiger partial charge is 0.326 e.